The summed E-state index contributed by atoms with van der Waals surface area (Å²) in [4.78, 5) is 24.6. The fourth-order valence-electron chi connectivity index (χ4n) is 2.33. The number of hydrogen-bond acceptors (Lipinski definition) is 8. The van der Waals surface area contributed by atoms with Crippen molar-refractivity contribution >= 4 is 23.6 Å². The molecule has 0 fully saturated rings. The summed E-state index contributed by atoms with van der Waals surface area (Å²) >= 11 is 0. The highest BCUT2D eigenvalue weighted by atomic mass is 16.5. The molecular weight excluding hydrogens is 346 g/mol. The SMILES string of the molecule is CCOc1ccccc1C(=O)OCc1nc(N)nc(Nc2ccccc2)n1. The van der Waals surface area contributed by atoms with E-state index in [1.807, 2.05) is 37.3 Å². The minimum atomic E-state index is -0.532. The molecule has 2 aromatic carbocycles. The molecule has 0 aliphatic heterocycles. The largest absolute Gasteiger partial charge is 0.493 e. The predicted molar refractivity (Wildman–Crippen MR) is 101 cm³/mol. The summed E-state index contributed by atoms with van der Waals surface area (Å²) in [5, 5.41) is 3.03. The average Bonchev–Trinajstić information content (AvgIpc) is 2.67. The maximum atomic E-state index is 12.4. The van der Waals surface area contributed by atoms with Gasteiger partial charge in [-0.1, -0.05) is 30.3 Å². The van der Waals surface area contributed by atoms with Gasteiger partial charge in [0.25, 0.3) is 0 Å². The van der Waals surface area contributed by atoms with E-state index in [0.29, 0.717) is 17.9 Å². The number of carbonyl (C=O) groups is 1. The second-order valence-electron chi connectivity index (χ2n) is 5.43. The van der Waals surface area contributed by atoms with E-state index >= 15 is 0 Å². The molecule has 0 aliphatic carbocycles. The first kappa shape index (κ1) is 18.1. The number of para-hydroxylation sites is 2. The topological polar surface area (TPSA) is 112 Å². The Hall–Kier alpha value is -3.68. The van der Waals surface area contributed by atoms with E-state index in [4.69, 9.17) is 15.2 Å². The van der Waals surface area contributed by atoms with Gasteiger partial charge in [0.15, 0.2) is 12.4 Å². The Morgan fingerprint density at radius 3 is 2.56 bits per heavy atom. The number of nitrogens with zero attached hydrogens (tertiary/aromatic N) is 3. The Kier molecular flexibility index (Phi) is 5.78. The first-order valence-corrected chi connectivity index (χ1v) is 8.37. The molecule has 0 unspecified atom stereocenters. The van der Waals surface area contributed by atoms with Gasteiger partial charge in [0.05, 0.1) is 6.61 Å². The standard InChI is InChI=1S/C19H19N5O3/c1-2-26-15-11-7-6-10-14(15)17(25)27-12-16-22-18(20)24-19(23-16)21-13-8-4-3-5-9-13/h3-11H,2,12H2,1H3,(H3,20,21,22,23,24). The number of aromatic nitrogens is 3. The Balaban J connectivity index is 1.70. The number of anilines is 3. The maximum absolute atomic E-state index is 12.4. The lowest BCUT2D eigenvalue weighted by Gasteiger charge is -2.10. The smallest absolute Gasteiger partial charge is 0.342 e. The molecule has 0 saturated heterocycles. The van der Waals surface area contributed by atoms with Crippen molar-refractivity contribution in [3.63, 3.8) is 0 Å². The lowest BCUT2D eigenvalue weighted by atomic mass is 10.2. The van der Waals surface area contributed by atoms with Crippen LogP contribution in [0.25, 0.3) is 0 Å². The lowest BCUT2D eigenvalue weighted by Crippen LogP contribution is -2.12. The normalized spacial score (nSPS) is 10.3. The van der Waals surface area contributed by atoms with Gasteiger partial charge >= 0.3 is 5.97 Å². The molecule has 27 heavy (non-hydrogen) atoms. The summed E-state index contributed by atoms with van der Waals surface area (Å²) in [6, 6.07) is 16.3. The van der Waals surface area contributed by atoms with Crippen molar-refractivity contribution in [2.24, 2.45) is 0 Å². The third kappa shape index (κ3) is 4.91. The highest BCUT2D eigenvalue weighted by molar-refractivity contribution is 5.92. The summed E-state index contributed by atoms with van der Waals surface area (Å²) in [7, 11) is 0. The first-order valence-electron chi connectivity index (χ1n) is 8.37. The van der Waals surface area contributed by atoms with E-state index in [2.05, 4.69) is 20.3 Å². The van der Waals surface area contributed by atoms with E-state index in [0.717, 1.165) is 5.69 Å². The minimum Gasteiger partial charge on any atom is -0.493 e. The van der Waals surface area contributed by atoms with Gasteiger partial charge < -0.3 is 20.5 Å². The van der Waals surface area contributed by atoms with Crippen molar-refractivity contribution in [3.05, 3.63) is 66.0 Å². The number of nitrogens with two attached hydrogens (primary N) is 1. The van der Waals surface area contributed by atoms with Crippen LogP contribution in [0.15, 0.2) is 54.6 Å². The number of rotatable bonds is 7. The Bertz CT molecular complexity index is 918. The average molecular weight is 365 g/mol. The zero-order valence-electron chi connectivity index (χ0n) is 14.8. The van der Waals surface area contributed by atoms with Crippen LogP contribution in [0, 0.1) is 0 Å². The quantitative estimate of drug-likeness (QED) is 0.615. The molecule has 1 aromatic heterocycles. The Morgan fingerprint density at radius 2 is 1.78 bits per heavy atom. The molecule has 0 amide bonds. The summed E-state index contributed by atoms with van der Waals surface area (Å²) in [6.45, 7) is 2.15. The van der Waals surface area contributed by atoms with Crippen molar-refractivity contribution in [3.8, 4) is 5.75 Å². The molecule has 3 aromatic rings. The van der Waals surface area contributed by atoms with Gasteiger partial charge in [0, 0.05) is 5.69 Å². The van der Waals surface area contributed by atoms with Crippen LogP contribution in [-0.2, 0) is 11.3 Å². The van der Waals surface area contributed by atoms with E-state index in [1.54, 1.807) is 24.3 Å². The number of benzene rings is 2. The van der Waals surface area contributed by atoms with Crippen LogP contribution >= 0.6 is 0 Å². The van der Waals surface area contributed by atoms with Crippen LogP contribution in [0.1, 0.15) is 23.1 Å². The van der Waals surface area contributed by atoms with Gasteiger partial charge in [0.2, 0.25) is 11.9 Å². The van der Waals surface area contributed by atoms with Crippen molar-refractivity contribution in [2.45, 2.75) is 13.5 Å². The van der Waals surface area contributed by atoms with Gasteiger partial charge in [-0.05, 0) is 31.2 Å². The summed E-state index contributed by atoms with van der Waals surface area (Å²) in [5.41, 5.74) is 6.87. The van der Waals surface area contributed by atoms with Gasteiger partial charge in [-0.15, -0.1) is 0 Å². The summed E-state index contributed by atoms with van der Waals surface area (Å²) in [6.07, 6.45) is 0. The predicted octanol–water partition coefficient (Wildman–Crippen LogP) is 2.95. The highest BCUT2D eigenvalue weighted by Gasteiger charge is 2.15. The zero-order valence-corrected chi connectivity index (χ0v) is 14.8. The van der Waals surface area contributed by atoms with E-state index in [9.17, 15) is 4.79 Å². The molecule has 8 heteroatoms. The zero-order chi connectivity index (χ0) is 19.1. The van der Waals surface area contributed by atoms with Gasteiger partial charge in [-0.2, -0.15) is 15.0 Å². The second-order valence-corrected chi connectivity index (χ2v) is 5.43. The van der Waals surface area contributed by atoms with Crippen molar-refractivity contribution in [1.82, 2.24) is 15.0 Å². The maximum Gasteiger partial charge on any atom is 0.342 e. The molecule has 3 N–H and O–H groups in total. The molecule has 138 valence electrons. The molecule has 0 radical (unpaired) electrons. The number of nitrogen functional groups attached to an aromatic ring is 1. The Labute approximate surface area is 156 Å². The lowest BCUT2D eigenvalue weighted by molar-refractivity contribution is 0.0458. The fraction of sp³-hybridized carbons (Fsp3) is 0.158. The highest BCUT2D eigenvalue weighted by Crippen LogP contribution is 2.19. The number of nitrogens with one attached hydrogen (secondary N) is 1. The van der Waals surface area contributed by atoms with Crippen LogP contribution in [0.2, 0.25) is 0 Å². The molecule has 0 aliphatic rings. The molecular formula is C19H19N5O3. The number of ether oxygens (including phenoxy) is 2. The monoisotopic (exact) mass is 365 g/mol. The van der Waals surface area contributed by atoms with Crippen LogP contribution in [0.3, 0.4) is 0 Å². The molecule has 0 saturated carbocycles. The van der Waals surface area contributed by atoms with Crippen LogP contribution in [-0.4, -0.2) is 27.5 Å². The van der Waals surface area contributed by atoms with Crippen molar-refractivity contribution < 1.29 is 14.3 Å². The molecule has 1 heterocycles. The van der Waals surface area contributed by atoms with Crippen molar-refractivity contribution in [2.75, 3.05) is 17.7 Å². The van der Waals surface area contributed by atoms with E-state index < -0.39 is 5.97 Å². The number of esters is 1. The van der Waals surface area contributed by atoms with Crippen LogP contribution in [0.5, 0.6) is 5.75 Å². The van der Waals surface area contributed by atoms with Gasteiger partial charge in [-0.25, -0.2) is 4.79 Å². The van der Waals surface area contributed by atoms with Crippen LogP contribution in [0.4, 0.5) is 17.6 Å². The molecule has 0 atom stereocenters. The fourth-order valence-corrected chi connectivity index (χ4v) is 2.33. The van der Waals surface area contributed by atoms with E-state index in [1.165, 1.54) is 0 Å². The number of carbonyl (C=O) groups excluding carboxylic acids is 1. The van der Waals surface area contributed by atoms with Crippen LogP contribution < -0.4 is 15.8 Å². The molecule has 0 spiro atoms. The van der Waals surface area contributed by atoms with Gasteiger partial charge in [-0.3, -0.25) is 0 Å². The van der Waals surface area contributed by atoms with Crippen molar-refractivity contribution in [1.29, 1.82) is 0 Å². The first-order chi connectivity index (χ1) is 13.2. The van der Waals surface area contributed by atoms with Gasteiger partial charge in [0.1, 0.15) is 11.3 Å². The summed E-state index contributed by atoms with van der Waals surface area (Å²) in [5.74, 6) is 0.476. The third-order valence-corrected chi connectivity index (χ3v) is 3.47. The third-order valence-electron chi connectivity index (χ3n) is 3.47. The Morgan fingerprint density at radius 1 is 1.04 bits per heavy atom. The molecule has 8 nitrogen and oxygen atoms in total. The second kappa shape index (κ2) is 8.61. The molecule has 0 bridgehead atoms. The van der Waals surface area contributed by atoms with E-state index in [-0.39, 0.29) is 24.3 Å². The molecule has 3 rings (SSSR count). The minimum absolute atomic E-state index is 0.0317. The summed E-state index contributed by atoms with van der Waals surface area (Å²) < 4.78 is 10.7. The number of hydrogen-bond donors (Lipinski definition) is 2.